The van der Waals surface area contributed by atoms with Crippen molar-refractivity contribution in [2.24, 2.45) is 34.0 Å². The Bertz CT molecular complexity index is 825. The van der Waals surface area contributed by atoms with Crippen LogP contribution in [0.25, 0.3) is 0 Å². The molecule has 1 unspecified atom stereocenters. The lowest BCUT2D eigenvalue weighted by molar-refractivity contribution is -0.510. The Labute approximate surface area is 189 Å². The SMILES string of the molecule is C=C1C(=O)[C@]23C[C@H]1C[C@H](O)[C@H]2[C@@]12C(OCCCCC)O[C@]3(O)[C@@H](O)[C@@H]1C(C)(C)CC[C@@H]2O. The van der Waals surface area contributed by atoms with E-state index in [1.54, 1.807) is 0 Å². The monoisotopic (exact) mass is 450 g/mol. The normalized spacial score (nSPS) is 53.3. The predicted molar refractivity (Wildman–Crippen MR) is 115 cm³/mol. The molecule has 0 aromatic heterocycles. The van der Waals surface area contributed by atoms with Crippen LogP contribution in [0.15, 0.2) is 12.2 Å². The highest BCUT2D eigenvalue weighted by Gasteiger charge is 2.88. The van der Waals surface area contributed by atoms with Crippen molar-refractivity contribution in [1.82, 2.24) is 0 Å². The maximum Gasteiger partial charge on any atom is 0.208 e. The molecular formula is C25H38O7. The van der Waals surface area contributed by atoms with E-state index >= 15 is 0 Å². The Hall–Kier alpha value is -0.830. The van der Waals surface area contributed by atoms with Gasteiger partial charge < -0.3 is 29.9 Å². The summed E-state index contributed by atoms with van der Waals surface area (Å²) in [6.07, 6.45) is 0.226. The first-order chi connectivity index (χ1) is 15.0. The topological polar surface area (TPSA) is 116 Å². The molecule has 32 heavy (non-hydrogen) atoms. The third-order valence-electron chi connectivity index (χ3n) is 9.83. The minimum atomic E-state index is -2.20. The minimum Gasteiger partial charge on any atom is -0.393 e. The second kappa shape index (κ2) is 7.09. The van der Waals surface area contributed by atoms with Crippen molar-refractivity contribution in [3.05, 3.63) is 12.2 Å². The van der Waals surface area contributed by atoms with E-state index in [2.05, 4.69) is 13.5 Å². The largest absolute Gasteiger partial charge is 0.393 e. The predicted octanol–water partition coefficient (Wildman–Crippen LogP) is 1.91. The van der Waals surface area contributed by atoms with Crippen LogP contribution in [0.2, 0.25) is 0 Å². The van der Waals surface area contributed by atoms with Crippen LogP contribution in [0.4, 0.5) is 0 Å². The summed E-state index contributed by atoms with van der Waals surface area (Å²) in [6, 6.07) is 0. The second-order valence-corrected chi connectivity index (χ2v) is 11.7. The molecule has 2 spiro atoms. The Morgan fingerprint density at radius 1 is 1.19 bits per heavy atom. The molecule has 180 valence electrons. The minimum absolute atomic E-state index is 0.263. The van der Waals surface area contributed by atoms with Gasteiger partial charge in [-0.15, -0.1) is 0 Å². The molecule has 2 saturated heterocycles. The molecule has 7 heteroatoms. The number of carbonyl (C=O) groups excluding carboxylic acids is 1. The van der Waals surface area contributed by atoms with Gasteiger partial charge in [-0.2, -0.15) is 0 Å². The first-order valence-corrected chi connectivity index (χ1v) is 12.3. The molecule has 0 radical (unpaired) electrons. The molecule has 2 heterocycles. The fourth-order valence-electron chi connectivity index (χ4n) is 8.62. The molecule has 6 fully saturated rings. The summed E-state index contributed by atoms with van der Waals surface area (Å²) >= 11 is 0. The number of ether oxygens (including phenoxy) is 2. The zero-order valence-corrected chi connectivity index (χ0v) is 19.4. The zero-order valence-electron chi connectivity index (χ0n) is 19.4. The number of Topliss-reactive ketones (excluding diaryl/α,β-unsaturated/α-hetero) is 1. The van der Waals surface area contributed by atoms with Gasteiger partial charge in [0.2, 0.25) is 5.79 Å². The number of aliphatic hydroxyl groups is 4. The Morgan fingerprint density at radius 2 is 1.91 bits per heavy atom. The van der Waals surface area contributed by atoms with Crippen molar-refractivity contribution in [3.63, 3.8) is 0 Å². The first-order valence-electron chi connectivity index (χ1n) is 12.3. The van der Waals surface area contributed by atoms with Crippen LogP contribution in [0.3, 0.4) is 0 Å². The number of ketones is 1. The van der Waals surface area contributed by atoms with Gasteiger partial charge in [-0.3, -0.25) is 4.79 Å². The van der Waals surface area contributed by atoms with Gasteiger partial charge in [-0.1, -0.05) is 40.2 Å². The molecule has 10 atom stereocenters. The second-order valence-electron chi connectivity index (χ2n) is 11.7. The molecule has 7 nitrogen and oxygen atoms in total. The van der Waals surface area contributed by atoms with E-state index in [9.17, 15) is 25.2 Å². The van der Waals surface area contributed by atoms with Crippen molar-refractivity contribution in [3.8, 4) is 0 Å². The molecule has 0 amide bonds. The van der Waals surface area contributed by atoms with E-state index < -0.39 is 58.5 Å². The number of aliphatic hydroxyl groups excluding tert-OH is 3. The van der Waals surface area contributed by atoms with Crippen molar-refractivity contribution in [1.29, 1.82) is 0 Å². The van der Waals surface area contributed by atoms with Crippen LogP contribution in [0.1, 0.15) is 65.7 Å². The van der Waals surface area contributed by atoms with Crippen LogP contribution < -0.4 is 0 Å². The van der Waals surface area contributed by atoms with Gasteiger partial charge in [-0.05, 0) is 49.0 Å². The molecule has 4 N–H and O–H groups in total. The maximum atomic E-state index is 13.7. The van der Waals surface area contributed by atoms with Crippen LogP contribution >= 0.6 is 0 Å². The van der Waals surface area contributed by atoms with Crippen molar-refractivity contribution in [2.45, 2.75) is 96.1 Å². The fraction of sp³-hybridized carbons (Fsp3) is 0.880. The van der Waals surface area contributed by atoms with Gasteiger partial charge in [0.15, 0.2) is 12.1 Å². The summed E-state index contributed by atoms with van der Waals surface area (Å²) in [6.45, 7) is 10.5. The molecule has 6 rings (SSSR count). The molecular weight excluding hydrogens is 412 g/mol. The lowest BCUT2D eigenvalue weighted by Crippen LogP contribution is -2.87. The van der Waals surface area contributed by atoms with Crippen LogP contribution in [0, 0.1) is 34.0 Å². The van der Waals surface area contributed by atoms with Gasteiger partial charge >= 0.3 is 0 Å². The summed E-state index contributed by atoms with van der Waals surface area (Å²) in [5.41, 5.74) is -2.82. The molecule has 4 bridgehead atoms. The molecule has 4 saturated carbocycles. The highest BCUT2D eigenvalue weighted by atomic mass is 16.8. The number of rotatable bonds is 5. The number of hydrogen-bond donors (Lipinski definition) is 4. The van der Waals surface area contributed by atoms with Crippen molar-refractivity contribution < 1.29 is 34.7 Å². The molecule has 6 aliphatic rings. The van der Waals surface area contributed by atoms with Crippen LogP contribution in [0.5, 0.6) is 0 Å². The summed E-state index contributed by atoms with van der Waals surface area (Å²) in [4.78, 5) is 13.7. The average molecular weight is 451 g/mol. The first kappa shape index (κ1) is 22.9. The third-order valence-corrected chi connectivity index (χ3v) is 9.83. The van der Waals surface area contributed by atoms with Gasteiger partial charge in [0, 0.05) is 18.4 Å². The number of unbranched alkanes of at least 4 members (excludes halogenated alkanes) is 2. The Balaban J connectivity index is 1.71. The smallest absolute Gasteiger partial charge is 0.208 e. The summed E-state index contributed by atoms with van der Waals surface area (Å²) in [5, 5.41) is 46.9. The van der Waals surface area contributed by atoms with Gasteiger partial charge in [0.05, 0.1) is 23.0 Å². The van der Waals surface area contributed by atoms with E-state index in [0.29, 0.717) is 31.4 Å². The van der Waals surface area contributed by atoms with E-state index in [-0.39, 0.29) is 18.1 Å². The number of fused-ring (bicyclic) bond motifs is 2. The highest BCUT2D eigenvalue weighted by molar-refractivity contribution is 6.04. The van der Waals surface area contributed by atoms with E-state index in [1.807, 2.05) is 13.8 Å². The molecule has 4 aliphatic carbocycles. The lowest BCUT2D eigenvalue weighted by Gasteiger charge is -2.76. The standard InChI is InChI=1S/C25H38O7/c1-5-6-7-10-31-21-24-16(27)8-9-22(3,4)18(24)20(29)25(30,32-21)23-12-14(13(2)19(23)28)11-15(26)17(23)24/h14-18,20-21,26-27,29-30H,2,5-12H2,1,3-4H3/t14-,15+,16+,17-,18-,20+,21?,23+,24-,25-/m1/s1. The number of allylic oxidation sites excluding steroid dienone is 1. The fourth-order valence-corrected chi connectivity index (χ4v) is 8.62. The van der Waals surface area contributed by atoms with Gasteiger partial charge in [0.25, 0.3) is 0 Å². The number of hydrogen-bond acceptors (Lipinski definition) is 7. The van der Waals surface area contributed by atoms with Gasteiger partial charge in [0.1, 0.15) is 6.10 Å². The van der Waals surface area contributed by atoms with Crippen LogP contribution in [-0.2, 0) is 14.3 Å². The zero-order chi connectivity index (χ0) is 23.3. The summed E-state index contributed by atoms with van der Waals surface area (Å²) < 4.78 is 12.4. The lowest BCUT2D eigenvalue weighted by atomic mass is 9.35. The number of carbonyl (C=O) groups is 1. The Morgan fingerprint density at radius 3 is 2.59 bits per heavy atom. The van der Waals surface area contributed by atoms with Crippen molar-refractivity contribution >= 4 is 5.78 Å². The van der Waals surface area contributed by atoms with Crippen LogP contribution in [-0.4, -0.2) is 63.2 Å². The third kappa shape index (κ3) is 2.40. The maximum absolute atomic E-state index is 13.7. The summed E-state index contributed by atoms with van der Waals surface area (Å²) in [7, 11) is 0. The van der Waals surface area contributed by atoms with Crippen molar-refractivity contribution in [2.75, 3.05) is 6.61 Å². The van der Waals surface area contributed by atoms with E-state index in [1.165, 1.54) is 0 Å². The molecule has 0 aromatic rings. The van der Waals surface area contributed by atoms with Gasteiger partial charge in [-0.25, -0.2) is 0 Å². The molecule has 2 aliphatic heterocycles. The highest BCUT2D eigenvalue weighted by Crippen LogP contribution is 2.78. The average Bonchev–Trinajstić information content (AvgIpc) is 2.92. The Kier molecular flexibility index (Phi) is 5.08. The quantitative estimate of drug-likeness (QED) is 0.373. The van der Waals surface area contributed by atoms with E-state index in [0.717, 1.165) is 19.3 Å². The summed E-state index contributed by atoms with van der Waals surface area (Å²) in [5.74, 6) is -4.19. The van der Waals surface area contributed by atoms with E-state index in [4.69, 9.17) is 9.47 Å². The molecule has 0 aromatic carbocycles.